The molecule has 144 valence electrons. The maximum Gasteiger partial charge on any atom is 0.254 e. The number of piperazine rings is 1. The van der Waals surface area contributed by atoms with Gasteiger partial charge in [0.15, 0.2) is 0 Å². The lowest BCUT2D eigenvalue weighted by atomic mass is 9.95. The fourth-order valence-electron chi connectivity index (χ4n) is 4.09. The highest BCUT2D eigenvalue weighted by atomic mass is 35.5. The van der Waals surface area contributed by atoms with E-state index >= 15 is 0 Å². The van der Waals surface area contributed by atoms with E-state index < -0.39 is 0 Å². The highest BCUT2D eigenvalue weighted by Crippen LogP contribution is 2.24. The first-order chi connectivity index (χ1) is 12.7. The summed E-state index contributed by atoms with van der Waals surface area (Å²) in [7, 11) is 0. The maximum absolute atomic E-state index is 13.1. The Morgan fingerprint density at radius 1 is 0.926 bits per heavy atom. The van der Waals surface area contributed by atoms with Crippen molar-refractivity contribution in [3.05, 3.63) is 48.0 Å². The van der Waals surface area contributed by atoms with Crippen LogP contribution in [0.5, 0.6) is 0 Å². The third-order valence-corrected chi connectivity index (χ3v) is 5.51. The van der Waals surface area contributed by atoms with Crippen molar-refractivity contribution in [1.29, 1.82) is 0 Å². The first-order valence-corrected chi connectivity index (χ1v) is 9.50. The van der Waals surface area contributed by atoms with E-state index in [1.165, 1.54) is 0 Å². The van der Waals surface area contributed by atoms with Crippen LogP contribution < -0.4 is 5.32 Å². The molecule has 2 aromatic carbocycles. The van der Waals surface area contributed by atoms with E-state index in [-0.39, 0.29) is 30.1 Å². The van der Waals surface area contributed by atoms with E-state index in [9.17, 15) is 9.59 Å². The van der Waals surface area contributed by atoms with Crippen molar-refractivity contribution in [1.82, 2.24) is 15.1 Å². The predicted octanol–water partition coefficient (Wildman–Crippen LogP) is 2.55. The lowest BCUT2D eigenvalue weighted by Crippen LogP contribution is -2.52. The van der Waals surface area contributed by atoms with Gasteiger partial charge in [-0.15, -0.1) is 12.4 Å². The molecule has 0 saturated carbocycles. The molecule has 0 radical (unpaired) electrons. The van der Waals surface area contributed by atoms with Gasteiger partial charge in [0.25, 0.3) is 5.91 Å². The van der Waals surface area contributed by atoms with Gasteiger partial charge in [0.1, 0.15) is 0 Å². The van der Waals surface area contributed by atoms with Crippen LogP contribution in [0, 0.1) is 5.92 Å². The molecule has 2 aliphatic heterocycles. The third kappa shape index (κ3) is 4.09. The zero-order valence-corrected chi connectivity index (χ0v) is 16.2. The Balaban J connectivity index is 0.00000210. The summed E-state index contributed by atoms with van der Waals surface area (Å²) in [6.45, 7) is 4.52. The zero-order valence-electron chi connectivity index (χ0n) is 15.4. The molecule has 2 saturated heterocycles. The highest BCUT2D eigenvalue weighted by molar-refractivity contribution is 6.07. The topological polar surface area (TPSA) is 52.7 Å². The Bertz CT molecular complexity index is 815. The minimum absolute atomic E-state index is 0. The summed E-state index contributed by atoms with van der Waals surface area (Å²) in [5, 5.41) is 5.33. The van der Waals surface area contributed by atoms with Crippen molar-refractivity contribution in [2.75, 3.05) is 39.3 Å². The smallest absolute Gasteiger partial charge is 0.254 e. The van der Waals surface area contributed by atoms with E-state index in [0.717, 1.165) is 61.9 Å². The van der Waals surface area contributed by atoms with Crippen molar-refractivity contribution in [2.24, 2.45) is 5.92 Å². The molecule has 27 heavy (non-hydrogen) atoms. The van der Waals surface area contributed by atoms with Crippen LogP contribution in [0.3, 0.4) is 0 Å². The highest BCUT2D eigenvalue weighted by Gasteiger charge is 2.32. The third-order valence-electron chi connectivity index (χ3n) is 5.51. The van der Waals surface area contributed by atoms with Gasteiger partial charge in [-0.25, -0.2) is 0 Å². The number of hydrogen-bond donors (Lipinski definition) is 1. The molecule has 1 atom stereocenters. The lowest BCUT2D eigenvalue weighted by molar-refractivity contribution is -0.137. The van der Waals surface area contributed by atoms with Crippen LogP contribution in [0.2, 0.25) is 0 Å². The normalized spacial score (nSPS) is 20.2. The number of amides is 2. The first-order valence-electron chi connectivity index (χ1n) is 9.50. The Labute approximate surface area is 166 Å². The quantitative estimate of drug-likeness (QED) is 0.861. The number of benzene rings is 2. The monoisotopic (exact) mass is 387 g/mol. The zero-order chi connectivity index (χ0) is 17.9. The van der Waals surface area contributed by atoms with E-state index in [0.29, 0.717) is 6.54 Å². The number of fused-ring (bicyclic) bond motifs is 1. The molecule has 0 spiro atoms. The van der Waals surface area contributed by atoms with Crippen molar-refractivity contribution in [3.8, 4) is 0 Å². The summed E-state index contributed by atoms with van der Waals surface area (Å²) in [6.07, 6.45) is 1.76. The standard InChI is InChI=1S/C21H25N3O2.ClH/c25-20(23-13-10-22-11-14-23)17-7-4-12-24(15-17)21(26)19-9-3-6-16-5-1-2-8-18(16)19;/h1-3,5-6,8-9,17,22H,4,7,10-15H2;1H. The first kappa shape index (κ1) is 19.6. The van der Waals surface area contributed by atoms with Crippen LogP contribution in [0.4, 0.5) is 0 Å². The Morgan fingerprint density at radius 3 is 2.48 bits per heavy atom. The number of piperidine rings is 1. The van der Waals surface area contributed by atoms with E-state index in [1.54, 1.807) is 0 Å². The van der Waals surface area contributed by atoms with Crippen LogP contribution in [0.1, 0.15) is 23.2 Å². The van der Waals surface area contributed by atoms with Crippen LogP contribution in [-0.2, 0) is 4.79 Å². The lowest BCUT2D eigenvalue weighted by Gasteiger charge is -2.36. The molecule has 5 nitrogen and oxygen atoms in total. The minimum Gasteiger partial charge on any atom is -0.340 e. The van der Waals surface area contributed by atoms with Crippen molar-refractivity contribution < 1.29 is 9.59 Å². The summed E-state index contributed by atoms with van der Waals surface area (Å²) in [5.41, 5.74) is 0.735. The SMILES string of the molecule is Cl.O=C(c1cccc2ccccc12)N1CCCC(C(=O)N2CCNCC2)C1. The largest absolute Gasteiger partial charge is 0.340 e. The second-order valence-electron chi connectivity index (χ2n) is 7.19. The summed E-state index contributed by atoms with van der Waals surface area (Å²) in [6, 6.07) is 13.8. The molecule has 0 aromatic heterocycles. The number of carbonyl (C=O) groups is 2. The Kier molecular flexibility index (Phi) is 6.34. The summed E-state index contributed by atoms with van der Waals surface area (Å²) >= 11 is 0. The molecular formula is C21H26ClN3O2. The predicted molar refractivity (Wildman–Crippen MR) is 109 cm³/mol. The molecule has 4 rings (SSSR count). The van der Waals surface area contributed by atoms with Gasteiger partial charge >= 0.3 is 0 Å². The molecule has 2 heterocycles. The second kappa shape index (κ2) is 8.72. The summed E-state index contributed by atoms with van der Waals surface area (Å²) < 4.78 is 0. The van der Waals surface area contributed by atoms with Crippen molar-refractivity contribution in [3.63, 3.8) is 0 Å². The number of halogens is 1. The molecule has 6 heteroatoms. The molecule has 2 amide bonds. The molecule has 2 aliphatic rings. The number of likely N-dealkylation sites (tertiary alicyclic amines) is 1. The number of nitrogens with one attached hydrogen (secondary N) is 1. The molecule has 2 fully saturated rings. The van der Waals surface area contributed by atoms with Crippen LogP contribution >= 0.6 is 12.4 Å². The van der Waals surface area contributed by atoms with Crippen LogP contribution in [0.15, 0.2) is 42.5 Å². The molecule has 2 aromatic rings. The average Bonchev–Trinajstić information content (AvgIpc) is 2.73. The van der Waals surface area contributed by atoms with Gasteiger partial charge in [-0.1, -0.05) is 36.4 Å². The van der Waals surface area contributed by atoms with E-state index in [1.807, 2.05) is 52.3 Å². The minimum atomic E-state index is -0.0687. The second-order valence-corrected chi connectivity index (χ2v) is 7.19. The van der Waals surface area contributed by atoms with Gasteiger partial charge in [-0.05, 0) is 29.7 Å². The van der Waals surface area contributed by atoms with Crippen molar-refractivity contribution >= 4 is 35.0 Å². The molecule has 0 bridgehead atoms. The summed E-state index contributed by atoms with van der Waals surface area (Å²) in [5.74, 6) is 0.183. The number of nitrogens with zero attached hydrogens (tertiary/aromatic N) is 2. The number of hydrogen-bond acceptors (Lipinski definition) is 3. The molecule has 0 aliphatic carbocycles. The fourth-order valence-corrected chi connectivity index (χ4v) is 4.09. The van der Waals surface area contributed by atoms with Crippen molar-refractivity contribution in [2.45, 2.75) is 12.8 Å². The average molecular weight is 388 g/mol. The fraction of sp³-hybridized carbons (Fsp3) is 0.429. The van der Waals surface area contributed by atoms with Crippen LogP contribution in [-0.4, -0.2) is 60.9 Å². The molecule has 1 N–H and O–H groups in total. The maximum atomic E-state index is 13.1. The van der Waals surface area contributed by atoms with Crippen LogP contribution in [0.25, 0.3) is 10.8 Å². The Hall–Kier alpha value is -2.11. The van der Waals surface area contributed by atoms with Gasteiger partial charge in [-0.2, -0.15) is 0 Å². The molecule has 1 unspecified atom stereocenters. The molecular weight excluding hydrogens is 362 g/mol. The summed E-state index contributed by atoms with van der Waals surface area (Å²) in [4.78, 5) is 29.8. The van der Waals surface area contributed by atoms with Gasteiger partial charge in [0, 0.05) is 44.8 Å². The Morgan fingerprint density at radius 2 is 1.67 bits per heavy atom. The van der Waals surface area contributed by atoms with Gasteiger partial charge in [-0.3, -0.25) is 9.59 Å². The number of carbonyl (C=O) groups excluding carboxylic acids is 2. The van der Waals surface area contributed by atoms with E-state index in [4.69, 9.17) is 0 Å². The number of rotatable bonds is 2. The van der Waals surface area contributed by atoms with Gasteiger partial charge in [0.2, 0.25) is 5.91 Å². The van der Waals surface area contributed by atoms with E-state index in [2.05, 4.69) is 5.32 Å². The van der Waals surface area contributed by atoms with Gasteiger partial charge < -0.3 is 15.1 Å². The van der Waals surface area contributed by atoms with Gasteiger partial charge in [0.05, 0.1) is 5.92 Å².